The lowest BCUT2D eigenvalue weighted by molar-refractivity contribution is 0.0948. The van der Waals surface area contributed by atoms with E-state index in [2.05, 4.69) is 22.5 Å². The number of nitrogens with zero attached hydrogens (tertiary/aromatic N) is 1. The molecule has 0 atom stereocenters. The highest BCUT2D eigenvalue weighted by Gasteiger charge is 2.09. The Morgan fingerprint density at radius 1 is 0.645 bits per heavy atom. The van der Waals surface area contributed by atoms with E-state index in [0.29, 0.717) is 24.2 Å². The van der Waals surface area contributed by atoms with Crippen molar-refractivity contribution in [3.8, 4) is 0 Å². The van der Waals surface area contributed by atoms with E-state index in [9.17, 15) is 9.59 Å². The van der Waals surface area contributed by atoms with Gasteiger partial charge in [0.05, 0.1) is 0 Å². The van der Waals surface area contributed by atoms with Crippen LogP contribution in [0.25, 0.3) is 0 Å². The summed E-state index contributed by atoms with van der Waals surface area (Å²) in [6.07, 6.45) is 7.51. The van der Waals surface area contributed by atoms with E-state index in [0.717, 1.165) is 26.1 Å². The number of nitrogens with one attached hydrogen (secondary N) is 2. The summed E-state index contributed by atoms with van der Waals surface area (Å²) in [6.45, 7) is 5.94. The van der Waals surface area contributed by atoms with Gasteiger partial charge in [-0.15, -0.1) is 0 Å². The van der Waals surface area contributed by atoms with Gasteiger partial charge in [0.15, 0.2) is 0 Å². The van der Waals surface area contributed by atoms with Crippen LogP contribution in [0.4, 0.5) is 0 Å². The molecular formula is C26H37N3O2. The molecule has 0 radical (unpaired) electrons. The minimum absolute atomic E-state index is 0.0440. The molecule has 0 aliphatic heterocycles. The first-order valence-corrected chi connectivity index (χ1v) is 11.6. The third-order valence-corrected chi connectivity index (χ3v) is 5.33. The zero-order valence-electron chi connectivity index (χ0n) is 18.8. The molecule has 5 heteroatoms. The lowest BCUT2D eigenvalue weighted by atomic mass is 10.1. The Morgan fingerprint density at radius 2 is 1.10 bits per heavy atom. The maximum Gasteiger partial charge on any atom is 0.251 e. The van der Waals surface area contributed by atoms with Gasteiger partial charge in [0.1, 0.15) is 0 Å². The lowest BCUT2D eigenvalue weighted by Gasteiger charge is -2.23. The van der Waals surface area contributed by atoms with Crippen LogP contribution in [0, 0.1) is 0 Å². The Labute approximate surface area is 187 Å². The molecule has 2 amide bonds. The smallest absolute Gasteiger partial charge is 0.251 e. The Morgan fingerprint density at radius 3 is 1.58 bits per heavy atom. The quantitative estimate of drug-likeness (QED) is 0.414. The van der Waals surface area contributed by atoms with E-state index < -0.39 is 0 Å². The molecule has 0 aliphatic rings. The fourth-order valence-corrected chi connectivity index (χ4v) is 3.49. The highest BCUT2D eigenvalue weighted by Crippen LogP contribution is 2.06. The molecule has 0 fully saturated rings. The zero-order chi connectivity index (χ0) is 22.2. The molecule has 2 N–H and O–H groups in total. The van der Waals surface area contributed by atoms with Crippen molar-refractivity contribution in [2.75, 3.05) is 32.7 Å². The molecule has 2 aromatic rings. The highest BCUT2D eigenvalue weighted by molar-refractivity contribution is 5.94. The predicted molar refractivity (Wildman–Crippen MR) is 127 cm³/mol. The zero-order valence-corrected chi connectivity index (χ0v) is 18.8. The van der Waals surface area contributed by atoms with Crippen molar-refractivity contribution in [2.45, 2.75) is 45.4 Å². The number of rotatable bonds is 15. The first kappa shape index (κ1) is 24.6. The minimum Gasteiger partial charge on any atom is -0.351 e. The summed E-state index contributed by atoms with van der Waals surface area (Å²) in [7, 11) is 0. The molecule has 2 rings (SSSR count). The second-order valence-electron chi connectivity index (χ2n) is 7.85. The van der Waals surface area contributed by atoms with Gasteiger partial charge in [0.2, 0.25) is 0 Å². The summed E-state index contributed by atoms with van der Waals surface area (Å²) >= 11 is 0. The van der Waals surface area contributed by atoms with Crippen LogP contribution in [0.3, 0.4) is 0 Å². The third-order valence-electron chi connectivity index (χ3n) is 5.33. The topological polar surface area (TPSA) is 61.4 Å². The van der Waals surface area contributed by atoms with Crippen LogP contribution in [0.5, 0.6) is 0 Å². The third kappa shape index (κ3) is 10.3. The van der Waals surface area contributed by atoms with Crippen molar-refractivity contribution < 1.29 is 9.59 Å². The van der Waals surface area contributed by atoms with Crippen molar-refractivity contribution in [2.24, 2.45) is 0 Å². The number of hydrogen-bond donors (Lipinski definition) is 2. The number of amides is 2. The molecule has 0 bridgehead atoms. The van der Waals surface area contributed by atoms with Crippen LogP contribution in [0.15, 0.2) is 60.7 Å². The van der Waals surface area contributed by atoms with E-state index in [1.165, 1.54) is 32.1 Å². The van der Waals surface area contributed by atoms with Gasteiger partial charge in [-0.25, -0.2) is 0 Å². The fourth-order valence-electron chi connectivity index (χ4n) is 3.49. The summed E-state index contributed by atoms with van der Waals surface area (Å²) in [4.78, 5) is 26.9. The van der Waals surface area contributed by atoms with Crippen molar-refractivity contribution in [3.63, 3.8) is 0 Å². The number of carbonyl (C=O) groups is 2. The molecule has 0 spiro atoms. The average Bonchev–Trinajstić information content (AvgIpc) is 2.81. The highest BCUT2D eigenvalue weighted by atomic mass is 16.2. The van der Waals surface area contributed by atoms with Crippen LogP contribution in [-0.2, 0) is 0 Å². The van der Waals surface area contributed by atoms with Gasteiger partial charge in [-0.1, -0.05) is 75.4 Å². The Kier molecular flexibility index (Phi) is 12.1. The number of benzene rings is 2. The molecule has 0 aliphatic carbocycles. The summed E-state index contributed by atoms with van der Waals surface area (Å²) in [6, 6.07) is 18.6. The minimum atomic E-state index is -0.0440. The van der Waals surface area contributed by atoms with E-state index in [4.69, 9.17) is 0 Å². The monoisotopic (exact) mass is 423 g/mol. The second-order valence-corrected chi connectivity index (χ2v) is 7.85. The summed E-state index contributed by atoms with van der Waals surface area (Å²) in [5.41, 5.74) is 1.36. The molecule has 0 aromatic heterocycles. The normalized spacial score (nSPS) is 10.8. The van der Waals surface area contributed by atoms with Crippen molar-refractivity contribution in [1.82, 2.24) is 15.5 Å². The Hall–Kier alpha value is -2.66. The molecule has 5 nitrogen and oxygen atoms in total. The van der Waals surface area contributed by atoms with Gasteiger partial charge in [-0.2, -0.15) is 0 Å². The number of unbranched alkanes of at least 4 members (excludes halogenated alkanes) is 5. The average molecular weight is 424 g/mol. The molecular weight excluding hydrogens is 386 g/mol. The van der Waals surface area contributed by atoms with Crippen molar-refractivity contribution in [3.05, 3.63) is 71.8 Å². The molecule has 0 saturated heterocycles. The standard InChI is InChI=1S/C26H37N3O2/c1-2-3-4-5-6-13-20-29(21-18-27-25(30)23-14-9-7-10-15-23)22-19-28-26(31)24-16-11-8-12-17-24/h7-12,14-17H,2-6,13,18-22H2,1H3,(H,27,30)(H,28,31). The van der Waals surface area contributed by atoms with Crippen LogP contribution in [0.1, 0.15) is 66.2 Å². The van der Waals surface area contributed by atoms with E-state index >= 15 is 0 Å². The fraction of sp³-hybridized carbons (Fsp3) is 0.462. The first-order valence-electron chi connectivity index (χ1n) is 11.6. The summed E-state index contributed by atoms with van der Waals surface area (Å²) in [5, 5.41) is 6.01. The maximum absolute atomic E-state index is 12.3. The largest absolute Gasteiger partial charge is 0.351 e. The number of hydrogen-bond acceptors (Lipinski definition) is 3. The van der Waals surface area contributed by atoms with E-state index in [-0.39, 0.29) is 11.8 Å². The van der Waals surface area contributed by atoms with Crippen molar-refractivity contribution in [1.29, 1.82) is 0 Å². The maximum atomic E-state index is 12.3. The summed E-state index contributed by atoms with van der Waals surface area (Å²) in [5.74, 6) is -0.0880. The van der Waals surface area contributed by atoms with Gasteiger partial charge in [0, 0.05) is 37.3 Å². The molecule has 0 saturated carbocycles. The first-order chi connectivity index (χ1) is 15.2. The second kappa shape index (κ2) is 15.2. The molecule has 168 valence electrons. The van der Waals surface area contributed by atoms with Gasteiger partial charge in [-0.3, -0.25) is 14.5 Å². The predicted octanol–water partition coefficient (Wildman–Crippen LogP) is 4.51. The van der Waals surface area contributed by atoms with Gasteiger partial charge < -0.3 is 10.6 Å². The number of carbonyl (C=O) groups excluding carboxylic acids is 2. The SMILES string of the molecule is CCCCCCCCN(CCNC(=O)c1ccccc1)CCNC(=O)c1ccccc1. The lowest BCUT2D eigenvalue weighted by Crippen LogP contribution is -2.40. The van der Waals surface area contributed by atoms with Crippen LogP contribution < -0.4 is 10.6 Å². The summed E-state index contributed by atoms with van der Waals surface area (Å²) < 4.78 is 0. The van der Waals surface area contributed by atoms with Gasteiger partial charge in [-0.05, 0) is 37.2 Å². The van der Waals surface area contributed by atoms with Gasteiger partial charge in [0.25, 0.3) is 11.8 Å². The molecule has 0 unspecified atom stereocenters. The molecule has 2 aromatic carbocycles. The Balaban J connectivity index is 1.75. The Bertz CT molecular complexity index is 692. The van der Waals surface area contributed by atoms with E-state index in [1.54, 1.807) is 0 Å². The molecule has 31 heavy (non-hydrogen) atoms. The van der Waals surface area contributed by atoms with E-state index in [1.807, 2.05) is 60.7 Å². The van der Waals surface area contributed by atoms with Crippen LogP contribution >= 0.6 is 0 Å². The van der Waals surface area contributed by atoms with Gasteiger partial charge >= 0.3 is 0 Å². The van der Waals surface area contributed by atoms with Crippen LogP contribution in [0.2, 0.25) is 0 Å². The molecule has 0 heterocycles. The van der Waals surface area contributed by atoms with Crippen molar-refractivity contribution >= 4 is 11.8 Å². The van der Waals surface area contributed by atoms with Crippen LogP contribution in [-0.4, -0.2) is 49.4 Å².